The van der Waals surface area contributed by atoms with E-state index in [0.717, 1.165) is 17.7 Å². The summed E-state index contributed by atoms with van der Waals surface area (Å²) in [6.07, 6.45) is -3.28. The lowest BCUT2D eigenvalue weighted by Crippen LogP contribution is -2.23. The number of benzene rings is 1. The molecule has 5 heteroatoms. The van der Waals surface area contributed by atoms with Gasteiger partial charge in [0.2, 0.25) is 0 Å². The number of hydrogen-bond donors (Lipinski definition) is 2. The van der Waals surface area contributed by atoms with Crippen molar-refractivity contribution < 1.29 is 13.2 Å². The van der Waals surface area contributed by atoms with Gasteiger partial charge < -0.3 is 5.32 Å². The van der Waals surface area contributed by atoms with Gasteiger partial charge in [0.25, 0.3) is 0 Å². The van der Waals surface area contributed by atoms with Crippen molar-refractivity contribution in [3.63, 3.8) is 0 Å². The van der Waals surface area contributed by atoms with Crippen molar-refractivity contribution >= 4 is 11.3 Å². The van der Waals surface area contributed by atoms with Crippen molar-refractivity contribution in [1.82, 2.24) is 5.32 Å². The first-order valence-electron chi connectivity index (χ1n) is 5.59. The van der Waals surface area contributed by atoms with Crippen LogP contribution >= 0.6 is 0 Å². The summed E-state index contributed by atoms with van der Waals surface area (Å²) in [5.41, 5.74) is 1.19. The molecule has 1 aromatic rings. The minimum Gasteiger partial charge on any atom is -0.309 e. The molecule has 2 rings (SSSR count). The number of rotatable bonds is 2. The fraction of sp³-hybridized carbons (Fsp3) is 0.308. The van der Waals surface area contributed by atoms with Crippen LogP contribution in [0.2, 0.25) is 0 Å². The zero-order chi connectivity index (χ0) is 13.3. The number of alkyl halides is 3. The van der Waals surface area contributed by atoms with E-state index in [-0.39, 0.29) is 5.57 Å². The van der Waals surface area contributed by atoms with Crippen LogP contribution < -0.4 is 5.32 Å². The number of allylic oxidation sites excluding steroid dienone is 2. The molecule has 0 fully saturated rings. The summed E-state index contributed by atoms with van der Waals surface area (Å²) in [6, 6.07) is 5.18. The first-order valence-corrected chi connectivity index (χ1v) is 5.59. The highest BCUT2D eigenvalue weighted by molar-refractivity contribution is 6.24. The average Bonchev–Trinajstić information content (AvgIpc) is 2.76. The van der Waals surface area contributed by atoms with Gasteiger partial charge in [-0.1, -0.05) is 18.2 Å². The number of nitrogens with one attached hydrogen (secondary N) is 2. The Morgan fingerprint density at radius 3 is 2.56 bits per heavy atom. The van der Waals surface area contributed by atoms with Crippen molar-refractivity contribution in [2.45, 2.75) is 26.2 Å². The maximum Gasteiger partial charge on any atom is 0.433 e. The summed E-state index contributed by atoms with van der Waals surface area (Å²) in [5, 5.41) is 10.4. The molecule has 0 aromatic heterocycles. The van der Waals surface area contributed by atoms with Crippen LogP contribution in [0.25, 0.3) is 5.57 Å². The molecule has 0 unspecified atom stereocenters. The Balaban J connectivity index is 2.38. The third-order valence-electron chi connectivity index (χ3n) is 2.99. The highest BCUT2D eigenvalue weighted by Gasteiger charge is 2.36. The Hall–Kier alpha value is -1.62. The monoisotopic (exact) mass is 254 g/mol. The van der Waals surface area contributed by atoms with E-state index in [1.165, 1.54) is 13.0 Å². The fourth-order valence-corrected chi connectivity index (χ4v) is 2.07. The molecule has 0 radical (unpaired) electrons. The lowest BCUT2D eigenvalue weighted by atomic mass is 9.97. The first-order chi connectivity index (χ1) is 8.43. The van der Waals surface area contributed by atoms with Crippen LogP contribution in [0.4, 0.5) is 13.2 Å². The summed E-state index contributed by atoms with van der Waals surface area (Å²) < 4.78 is 37.7. The van der Waals surface area contributed by atoms with Gasteiger partial charge in [0.05, 0.1) is 0 Å². The minimum absolute atomic E-state index is 0.0720. The highest BCUT2D eigenvalue weighted by atomic mass is 19.4. The summed E-state index contributed by atoms with van der Waals surface area (Å²) >= 11 is 0. The van der Waals surface area contributed by atoms with Gasteiger partial charge >= 0.3 is 6.18 Å². The topological polar surface area (TPSA) is 35.9 Å². The smallest absolute Gasteiger partial charge is 0.309 e. The Bertz CT molecular complexity index is 515. The number of halogens is 3. The maximum absolute atomic E-state index is 12.6. The average molecular weight is 254 g/mol. The molecular formula is C13H13F3N2. The molecule has 96 valence electrons. The van der Waals surface area contributed by atoms with E-state index in [9.17, 15) is 13.2 Å². The molecule has 2 N–H and O–H groups in total. The first kappa shape index (κ1) is 12.8. The second kappa shape index (κ2) is 4.57. The SMILES string of the molecule is C/C=C(\C(=N)C(F)(F)F)c1ccc2c(c1)CNC2. The van der Waals surface area contributed by atoms with Crippen LogP contribution in [0.15, 0.2) is 24.3 Å². The predicted molar refractivity (Wildman–Crippen MR) is 64.4 cm³/mol. The molecule has 0 bridgehead atoms. The van der Waals surface area contributed by atoms with Crippen LogP contribution in [-0.2, 0) is 13.1 Å². The van der Waals surface area contributed by atoms with Crippen molar-refractivity contribution in [1.29, 1.82) is 5.41 Å². The quantitative estimate of drug-likeness (QED) is 0.781. The predicted octanol–water partition coefficient (Wildman–Crippen LogP) is 3.28. The fourth-order valence-electron chi connectivity index (χ4n) is 2.07. The van der Waals surface area contributed by atoms with Crippen molar-refractivity contribution in [2.75, 3.05) is 0 Å². The van der Waals surface area contributed by atoms with E-state index >= 15 is 0 Å². The molecule has 1 heterocycles. The normalized spacial score (nSPS) is 15.7. The van der Waals surface area contributed by atoms with Gasteiger partial charge in [-0.15, -0.1) is 0 Å². The third-order valence-corrected chi connectivity index (χ3v) is 2.99. The molecule has 0 saturated heterocycles. The van der Waals surface area contributed by atoms with Crippen molar-refractivity contribution in [3.05, 3.63) is 41.0 Å². The number of fused-ring (bicyclic) bond motifs is 1. The summed E-state index contributed by atoms with van der Waals surface area (Å²) in [4.78, 5) is 0. The van der Waals surface area contributed by atoms with Crippen LogP contribution in [0, 0.1) is 5.41 Å². The molecule has 2 nitrogen and oxygen atoms in total. The number of hydrogen-bond acceptors (Lipinski definition) is 2. The van der Waals surface area contributed by atoms with Gasteiger partial charge in [-0.05, 0) is 29.7 Å². The molecule has 1 aromatic carbocycles. The lowest BCUT2D eigenvalue weighted by Gasteiger charge is -2.13. The zero-order valence-corrected chi connectivity index (χ0v) is 9.86. The maximum atomic E-state index is 12.6. The van der Waals surface area contributed by atoms with E-state index in [4.69, 9.17) is 5.41 Å². The molecule has 0 saturated carbocycles. The standard InChI is InChI=1S/C13H13F3N2/c1-2-11(12(17)13(14,15)16)8-3-4-9-6-18-7-10(9)5-8/h2-5,17-18H,6-7H2,1H3/b11-2-,17-12?. The van der Waals surface area contributed by atoms with E-state index in [1.807, 2.05) is 6.07 Å². The van der Waals surface area contributed by atoms with Gasteiger partial charge in [0.15, 0.2) is 0 Å². The van der Waals surface area contributed by atoms with Crippen LogP contribution in [-0.4, -0.2) is 11.9 Å². The molecule has 1 aliphatic rings. The van der Waals surface area contributed by atoms with Gasteiger partial charge in [0.1, 0.15) is 5.71 Å². The third kappa shape index (κ3) is 2.31. The van der Waals surface area contributed by atoms with Gasteiger partial charge in [-0.3, -0.25) is 5.41 Å². The molecule has 18 heavy (non-hydrogen) atoms. The van der Waals surface area contributed by atoms with E-state index in [2.05, 4.69) is 5.32 Å². The molecule has 1 aliphatic heterocycles. The minimum atomic E-state index is -4.61. The van der Waals surface area contributed by atoms with E-state index in [1.54, 1.807) is 12.1 Å². The van der Waals surface area contributed by atoms with Gasteiger partial charge in [-0.2, -0.15) is 13.2 Å². The van der Waals surface area contributed by atoms with Crippen LogP contribution in [0.5, 0.6) is 0 Å². The summed E-state index contributed by atoms with van der Waals surface area (Å²) in [5.74, 6) is 0. The van der Waals surface area contributed by atoms with Gasteiger partial charge in [-0.25, -0.2) is 0 Å². The van der Waals surface area contributed by atoms with E-state index < -0.39 is 11.9 Å². The molecule has 0 aliphatic carbocycles. The summed E-state index contributed by atoms with van der Waals surface area (Å²) in [7, 11) is 0. The second-order valence-electron chi connectivity index (χ2n) is 4.16. The zero-order valence-electron chi connectivity index (χ0n) is 9.86. The molecular weight excluding hydrogens is 241 g/mol. The van der Waals surface area contributed by atoms with Crippen molar-refractivity contribution in [2.24, 2.45) is 0 Å². The Labute approximate surface area is 103 Å². The Kier molecular flexibility index (Phi) is 3.26. The Morgan fingerprint density at radius 2 is 1.94 bits per heavy atom. The molecule has 0 spiro atoms. The van der Waals surface area contributed by atoms with Crippen LogP contribution in [0.3, 0.4) is 0 Å². The highest BCUT2D eigenvalue weighted by Crippen LogP contribution is 2.29. The van der Waals surface area contributed by atoms with Gasteiger partial charge in [0, 0.05) is 18.7 Å². The second-order valence-corrected chi connectivity index (χ2v) is 4.16. The van der Waals surface area contributed by atoms with Crippen LogP contribution in [0.1, 0.15) is 23.6 Å². The van der Waals surface area contributed by atoms with Crippen molar-refractivity contribution in [3.8, 4) is 0 Å². The van der Waals surface area contributed by atoms with E-state index in [0.29, 0.717) is 12.1 Å². The molecule has 0 amide bonds. The Morgan fingerprint density at radius 1 is 1.28 bits per heavy atom. The lowest BCUT2D eigenvalue weighted by molar-refractivity contribution is -0.0578. The molecule has 0 atom stereocenters. The largest absolute Gasteiger partial charge is 0.433 e. The summed E-state index contributed by atoms with van der Waals surface area (Å²) in [6.45, 7) is 2.93.